The molecule has 0 aliphatic heterocycles. The summed E-state index contributed by atoms with van der Waals surface area (Å²) in [5.41, 5.74) is 17.7. The highest BCUT2D eigenvalue weighted by Crippen LogP contribution is 2.37. The molecule has 56 heavy (non-hydrogen) atoms. The van der Waals surface area contributed by atoms with Crippen LogP contribution in [0, 0.1) is 0 Å². The van der Waals surface area contributed by atoms with E-state index in [1.54, 1.807) is 0 Å². The summed E-state index contributed by atoms with van der Waals surface area (Å²) in [6, 6.07) is 51.8. The summed E-state index contributed by atoms with van der Waals surface area (Å²) in [6.07, 6.45) is 6.11. The monoisotopic (exact) mass is 736 g/mol. The molecule has 1 heterocycles. The van der Waals surface area contributed by atoms with Gasteiger partial charge in [-0.05, 0) is 97.2 Å². The molecule has 0 unspecified atom stereocenters. The Hall–Kier alpha value is -6.40. The summed E-state index contributed by atoms with van der Waals surface area (Å²) in [4.78, 5) is 11.0. The van der Waals surface area contributed by atoms with Crippen LogP contribution in [0.4, 0.5) is 22.7 Å². The molecule has 0 bridgehead atoms. The van der Waals surface area contributed by atoms with E-state index in [0.29, 0.717) is 0 Å². The van der Waals surface area contributed by atoms with Crippen molar-refractivity contribution in [2.45, 2.75) is 38.5 Å². The van der Waals surface area contributed by atoms with Gasteiger partial charge >= 0.3 is 0 Å². The van der Waals surface area contributed by atoms with E-state index < -0.39 is 0 Å². The van der Waals surface area contributed by atoms with Gasteiger partial charge in [0.05, 0.1) is 22.8 Å². The number of benzene rings is 6. The van der Waals surface area contributed by atoms with Crippen molar-refractivity contribution >= 4 is 22.7 Å². The fraction of sp³-hybridized carbons (Fsp3) is 0.200. The van der Waals surface area contributed by atoms with Crippen molar-refractivity contribution in [1.29, 1.82) is 0 Å². The van der Waals surface area contributed by atoms with Crippen molar-refractivity contribution in [3.8, 4) is 45.0 Å². The van der Waals surface area contributed by atoms with Gasteiger partial charge < -0.3 is 21.3 Å². The lowest BCUT2D eigenvalue weighted by molar-refractivity contribution is 0.822. The van der Waals surface area contributed by atoms with Gasteiger partial charge in [-0.25, -0.2) is 9.97 Å². The first-order chi connectivity index (χ1) is 27.6. The van der Waals surface area contributed by atoms with E-state index in [0.717, 1.165) is 94.9 Å². The minimum atomic E-state index is 0.880. The Kier molecular flexibility index (Phi) is 12.4. The second-order valence-corrected chi connectivity index (χ2v) is 14.2. The number of nitrogens with one attached hydrogen (secondary N) is 4. The number of anilines is 4. The molecular formula is C50H52N6. The van der Waals surface area contributed by atoms with Crippen molar-refractivity contribution in [3.05, 3.63) is 168 Å². The molecule has 6 heteroatoms. The molecule has 4 N–H and O–H groups in total. The van der Waals surface area contributed by atoms with Crippen LogP contribution < -0.4 is 21.3 Å². The highest BCUT2D eigenvalue weighted by atomic mass is 14.9. The third-order valence-corrected chi connectivity index (χ3v) is 10.6. The van der Waals surface area contributed by atoms with Crippen molar-refractivity contribution in [2.24, 2.45) is 0 Å². The summed E-state index contributed by atoms with van der Waals surface area (Å²) in [5.74, 6) is 0. The Bertz CT molecular complexity index is 2170. The maximum atomic E-state index is 5.48. The number of hydrogen-bond acceptors (Lipinski definition) is 6. The zero-order valence-electron chi connectivity index (χ0n) is 33.0. The van der Waals surface area contributed by atoms with Crippen LogP contribution in [0.2, 0.25) is 0 Å². The second kappa shape index (κ2) is 18.3. The largest absolute Gasteiger partial charge is 0.388 e. The average Bonchev–Trinajstić information content (AvgIpc) is 3.27. The SMILES string of the molecule is CNc1ccc(NC)c(CCCc2ccc(-c3nc(-c4ccccc4)c(-c4ccc(CCCc5cc(NC)ccc5NC)cc4)nc3-c3ccccc3)cc2)c1. The lowest BCUT2D eigenvalue weighted by Gasteiger charge is -2.16. The van der Waals surface area contributed by atoms with Crippen LogP contribution in [-0.4, -0.2) is 38.2 Å². The van der Waals surface area contributed by atoms with Crippen molar-refractivity contribution in [1.82, 2.24) is 9.97 Å². The first kappa shape index (κ1) is 37.9. The minimum absolute atomic E-state index is 0.880. The minimum Gasteiger partial charge on any atom is -0.388 e. The summed E-state index contributed by atoms with van der Waals surface area (Å²) >= 11 is 0. The van der Waals surface area contributed by atoms with Crippen molar-refractivity contribution < 1.29 is 0 Å². The Morgan fingerprint density at radius 3 is 1.05 bits per heavy atom. The van der Waals surface area contributed by atoms with E-state index in [2.05, 4.69) is 167 Å². The lowest BCUT2D eigenvalue weighted by Crippen LogP contribution is -2.01. The smallest absolute Gasteiger partial charge is 0.0973 e. The number of hydrogen-bond donors (Lipinski definition) is 4. The molecule has 7 rings (SSSR count). The van der Waals surface area contributed by atoms with E-state index >= 15 is 0 Å². The molecule has 282 valence electrons. The molecule has 0 saturated heterocycles. The van der Waals surface area contributed by atoms with E-state index in [4.69, 9.17) is 9.97 Å². The summed E-state index contributed by atoms with van der Waals surface area (Å²) < 4.78 is 0. The van der Waals surface area contributed by atoms with Gasteiger partial charge in [0.15, 0.2) is 0 Å². The van der Waals surface area contributed by atoms with Gasteiger partial charge in [-0.1, -0.05) is 109 Å². The summed E-state index contributed by atoms with van der Waals surface area (Å²) in [6.45, 7) is 0. The lowest BCUT2D eigenvalue weighted by atomic mass is 9.97. The molecule has 1 aromatic heterocycles. The first-order valence-electron chi connectivity index (χ1n) is 19.7. The Labute approximate surface area is 332 Å². The molecule has 0 amide bonds. The molecule has 0 saturated carbocycles. The molecule has 0 aliphatic carbocycles. The molecule has 0 spiro atoms. The van der Waals surface area contributed by atoms with Gasteiger partial charge in [-0.15, -0.1) is 0 Å². The van der Waals surface area contributed by atoms with Gasteiger partial charge in [-0.3, -0.25) is 0 Å². The zero-order valence-corrected chi connectivity index (χ0v) is 33.0. The number of aromatic nitrogens is 2. The van der Waals surface area contributed by atoms with E-state index in [-0.39, 0.29) is 0 Å². The molecule has 6 nitrogen and oxygen atoms in total. The van der Waals surface area contributed by atoms with Crippen LogP contribution in [0.1, 0.15) is 35.1 Å². The van der Waals surface area contributed by atoms with E-state index in [1.165, 1.54) is 33.6 Å². The van der Waals surface area contributed by atoms with Gasteiger partial charge in [0, 0.05) is 73.2 Å². The zero-order chi connectivity index (χ0) is 38.7. The third-order valence-electron chi connectivity index (χ3n) is 10.6. The molecule has 0 radical (unpaired) electrons. The topological polar surface area (TPSA) is 73.9 Å². The maximum Gasteiger partial charge on any atom is 0.0973 e. The standard InChI is InChI=1S/C50H52N6/c1-51-43-29-31-45(53-3)41(33-43)19-11-13-35-21-25-39(26-22-35)49-47(37-15-7-5-8-16-37)56-50(48(55-49)38-17-9-6-10-18-38)40-27-23-36(24-28-40)14-12-20-42-34-44(52-2)30-32-46(42)54-4/h5-10,15-18,21-34,51-54H,11-14,19-20H2,1-4H3. The normalized spacial score (nSPS) is 10.9. The molecule has 0 atom stereocenters. The Morgan fingerprint density at radius 2 is 0.714 bits per heavy atom. The fourth-order valence-corrected chi connectivity index (χ4v) is 7.46. The predicted molar refractivity (Wildman–Crippen MR) is 239 cm³/mol. The predicted octanol–water partition coefficient (Wildman–Crippen LogP) is 11.7. The molecular weight excluding hydrogens is 685 g/mol. The highest BCUT2D eigenvalue weighted by molar-refractivity contribution is 5.86. The molecule has 7 aromatic rings. The van der Waals surface area contributed by atoms with Gasteiger partial charge in [0.25, 0.3) is 0 Å². The highest BCUT2D eigenvalue weighted by Gasteiger charge is 2.19. The average molecular weight is 737 g/mol. The van der Waals surface area contributed by atoms with Gasteiger partial charge in [0.1, 0.15) is 0 Å². The third kappa shape index (κ3) is 8.93. The Balaban J connectivity index is 1.17. The van der Waals surface area contributed by atoms with Crippen molar-refractivity contribution in [2.75, 3.05) is 49.5 Å². The van der Waals surface area contributed by atoms with Crippen LogP contribution in [-0.2, 0) is 25.7 Å². The summed E-state index contributed by atoms with van der Waals surface area (Å²) in [7, 11) is 7.91. The number of rotatable bonds is 16. The summed E-state index contributed by atoms with van der Waals surface area (Å²) in [5, 5.41) is 13.2. The van der Waals surface area contributed by atoms with Gasteiger partial charge in [0.2, 0.25) is 0 Å². The fourth-order valence-electron chi connectivity index (χ4n) is 7.46. The van der Waals surface area contributed by atoms with Gasteiger partial charge in [-0.2, -0.15) is 0 Å². The van der Waals surface area contributed by atoms with Crippen LogP contribution in [0.3, 0.4) is 0 Å². The van der Waals surface area contributed by atoms with Crippen LogP contribution in [0.15, 0.2) is 146 Å². The molecule has 6 aromatic carbocycles. The van der Waals surface area contributed by atoms with Crippen LogP contribution >= 0.6 is 0 Å². The molecule has 0 fully saturated rings. The maximum absolute atomic E-state index is 5.48. The Morgan fingerprint density at radius 1 is 0.357 bits per heavy atom. The second-order valence-electron chi connectivity index (χ2n) is 14.2. The van der Waals surface area contributed by atoms with Crippen LogP contribution in [0.25, 0.3) is 45.0 Å². The van der Waals surface area contributed by atoms with Crippen LogP contribution in [0.5, 0.6) is 0 Å². The first-order valence-corrected chi connectivity index (χ1v) is 19.7. The van der Waals surface area contributed by atoms with E-state index in [9.17, 15) is 0 Å². The quantitative estimate of drug-likeness (QED) is 0.0792. The number of nitrogens with zero attached hydrogens (tertiary/aromatic N) is 2. The van der Waals surface area contributed by atoms with E-state index in [1.807, 2.05) is 28.2 Å². The van der Waals surface area contributed by atoms with Crippen molar-refractivity contribution in [3.63, 3.8) is 0 Å². The molecule has 0 aliphatic rings. The number of aryl methyl sites for hydroxylation is 4.